The number of likely N-dealkylation sites (tertiary alicyclic amines) is 2. The molecule has 37 heavy (non-hydrogen) atoms. The number of nitrogens with zero attached hydrogens (tertiary/aromatic N) is 4. The minimum Gasteiger partial charge on any atom is -0.354 e. The summed E-state index contributed by atoms with van der Waals surface area (Å²) in [7, 11) is 0. The number of hydrogen-bond acceptors (Lipinski definition) is 4. The first-order valence-corrected chi connectivity index (χ1v) is 13.4. The molecule has 1 aromatic carbocycles. The van der Waals surface area contributed by atoms with Crippen LogP contribution in [-0.2, 0) is 9.59 Å². The second-order valence-corrected chi connectivity index (χ2v) is 10.8. The second-order valence-electron chi connectivity index (χ2n) is 10.8. The number of pyridine rings is 1. The molecule has 0 spiro atoms. The number of H-pyrrole nitrogens is 2. The van der Waals surface area contributed by atoms with Crippen molar-refractivity contribution in [2.45, 2.75) is 64.3 Å². The molecule has 4 aromatic rings. The number of fused-ring (bicyclic) bond motifs is 2. The zero-order valence-corrected chi connectivity index (χ0v) is 21.8. The SMILES string of the molecule is CC(=O)N1CCC[C@H]1C(=O)N1CCC(c2ccc3[nH]c(-c4ccnc5[nH]ncc45)c(C(C)C)c3c2)CC1. The molecule has 5 heterocycles. The van der Waals surface area contributed by atoms with Gasteiger partial charge in [-0.25, -0.2) is 4.98 Å². The first-order valence-electron chi connectivity index (χ1n) is 13.4. The number of carbonyl (C=O) groups excluding carboxylic acids is 2. The highest BCUT2D eigenvalue weighted by Crippen LogP contribution is 2.40. The Morgan fingerprint density at radius 1 is 1.05 bits per heavy atom. The van der Waals surface area contributed by atoms with Crippen LogP contribution in [0.5, 0.6) is 0 Å². The van der Waals surface area contributed by atoms with Gasteiger partial charge < -0.3 is 14.8 Å². The molecule has 0 radical (unpaired) electrons. The van der Waals surface area contributed by atoms with Crippen LogP contribution >= 0.6 is 0 Å². The Morgan fingerprint density at radius 2 is 1.86 bits per heavy atom. The largest absolute Gasteiger partial charge is 0.354 e. The van der Waals surface area contributed by atoms with Gasteiger partial charge in [-0.15, -0.1) is 0 Å². The van der Waals surface area contributed by atoms with E-state index in [0.717, 1.165) is 66.6 Å². The minimum atomic E-state index is -0.271. The van der Waals surface area contributed by atoms with Gasteiger partial charge in [0.15, 0.2) is 5.65 Å². The van der Waals surface area contributed by atoms with Crippen molar-refractivity contribution >= 4 is 33.8 Å². The van der Waals surface area contributed by atoms with Gasteiger partial charge in [0, 0.05) is 54.6 Å². The molecule has 8 heteroatoms. The molecule has 2 saturated heterocycles. The van der Waals surface area contributed by atoms with Gasteiger partial charge in [-0.3, -0.25) is 14.7 Å². The maximum atomic E-state index is 13.2. The standard InChI is InChI=1S/C29H34N6O2/c1-17(2)26-22-15-20(6-7-24(22)32-27(26)21-8-11-30-28-23(21)16-31-33-28)19-9-13-34(14-10-19)29(37)25-5-4-12-35(25)18(3)36/h6-8,11,15-17,19,25,32H,4-5,9-10,12-14H2,1-3H3,(H,30,31,33)/t25-/m0/s1. The van der Waals surface area contributed by atoms with E-state index in [4.69, 9.17) is 0 Å². The zero-order chi connectivity index (χ0) is 25.7. The summed E-state index contributed by atoms with van der Waals surface area (Å²) in [6.45, 7) is 8.24. The van der Waals surface area contributed by atoms with Crippen LogP contribution in [0.25, 0.3) is 33.2 Å². The predicted octanol–water partition coefficient (Wildman–Crippen LogP) is 4.95. The third-order valence-electron chi connectivity index (χ3n) is 8.28. The Labute approximate surface area is 216 Å². The Hall–Kier alpha value is -3.68. The summed E-state index contributed by atoms with van der Waals surface area (Å²) in [5, 5.41) is 9.45. The molecular weight excluding hydrogens is 464 g/mol. The third-order valence-corrected chi connectivity index (χ3v) is 8.28. The predicted molar refractivity (Wildman–Crippen MR) is 144 cm³/mol. The molecule has 2 aliphatic rings. The van der Waals surface area contributed by atoms with Crippen molar-refractivity contribution in [1.29, 1.82) is 0 Å². The third kappa shape index (κ3) is 4.08. The van der Waals surface area contributed by atoms with Crippen LogP contribution in [0.4, 0.5) is 0 Å². The topological polar surface area (TPSA) is 98.0 Å². The molecule has 6 rings (SSSR count). The normalized spacial score (nSPS) is 19.0. The van der Waals surface area contributed by atoms with Gasteiger partial charge in [-0.2, -0.15) is 5.10 Å². The fraction of sp³-hybridized carbons (Fsp3) is 0.448. The minimum absolute atomic E-state index is 0.00568. The zero-order valence-electron chi connectivity index (χ0n) is 21.8. The van der Waals surface area contributed by atoms with Crippen molar-refractivity contribution in [2.24, 2.45) is 0 Å². The van der Waals surface area contributed by atoms with E-state index in [1.165, 1.54) is 16.5 Å². The maximum absolute atomic E-state index is 13.2. The molecule has 0 bridgehead atoms. The molecule has 0 unspecified atom stereocenters. The van der Waals surface area contributed by atoms with Crippen molar-refractivity contribution in [2.75, 3.05) is 19.6 Å². The first kappa shape index (κ1) is 23.7. The lowest BCUT2D eigenvalue weighted by atomic mass is 9.87. The monoisotopic (exact) mass is 498 g/mol. The summed E-state index contributed by atoms with van der Waals surface area (Å²) in [4.78, 5) is 37.0. The number of amides is 2. The fourth-order valence-electron chi connectivity index (χ4n) is 6.41. The first-order chi connectivity index (χ1) is 17.9. The molecular formula is C29H34N6O2. The summed E-state index contributed by atoms with van der Waals surface area (Å²) in [5.74, 6) is 0.887. The molecule has 8 nitrogen and oxygen atoms in total. The van der Waals surface area contributed by atoms with Gasteiger partial charge in [0.1, 0.15) is 6.04 Å². The Kier molecular flexibility index (Phi) is 5.97. The molecule has 2 aliphatic heterocycles. The summed E-state index contributed by atoms with van der Waals surface area (Å²) in [6, 6.07) is 8.58. The van der Waals surface area contributed by atoms with E-state index in [2.05, 4.69) is 58.3 Å². The van der Waals surface area contributed by atoms with E-state index in [-0.39, 0.29) is 17.9 Å². The van der Waals surface area contributed by atoms with E-state index in [1.807, 2.05) is 17.3 Å². The summed E-state index contributed by atoms with van der Waals surface area (Å²) in [6.07, 6.45) is 7.25. The van der Waals surface area contributed by atoms with Gasteiger partial charge >= 0.3 is 0 Å². The molecule has 2 amide bonds. The number of aromatic amines is 2. The lowest BCUT2D eigenvalue weighted by molar-refractivity contribution is -0.143. The van der Waals surface area contributed by atoms with Crippen LogP contribution in [0.2, 0.25) is 0 Å². The average Bonchev–Trinajstić information content (AvgIpc) is 3.65. The number of hydrogen-bond donors (Lipinski definition) is 2. The van der Waals surface area contributed by atoms with E-state index in [1.54, 1.807) is 11.8 Å². The summed E-state index contributed by atoms with van der Waals surface area (Å²) >= 11 is 0. The van der Waals surface area contributed by atoms with Crippen LogP contribution < -0.4 is 0 Å². The number of aromatic nitrogens is 4. The molecule has 2 N–H and O–H groups in total. The number of carbonyl (C=O) groups is 2. The van der Waals surface area contributed by atoms with Crippen LogP contribution in [0.3, 0.4) is 0 Å². The second kappa shape index (κ2) is 9.32. The lowest BCUT2D eigenvalue weighted by Crippen LogP contribution is -2.49. The van der Waals surface area contributed by atoms with E-state index >= 15 is 0 Å². The van der Waals surface area contributed by atoms with E-state index < -0.39 is 0 Å². The fourth-order valence-corrected chi connectivity index (χ4v) is 6.41. The number of rotatable bonds is 4. The molecule has 192 valence electrons. The van der Waals surface area contributed by atoms with E-state index in [0.29, 0.717) is 18.4 Å². The van der Waals surface area contributed by atoms with Gasteiger partial charge in [0.05, 0.1) is 11.9 Å². The Balaban J connectivity index is 1.26. The molecule has 2 fully saturated rings. The van der Waals surface area contributed by atoms with Gasteiger partial charge in [-0.1, -0.05) is 19.9 Å². The van der Waals surface area contributed by atoms with Crippen LogP contribution in [0, 0.1) is 0 Å². The smallest absolute Gasteiger partial charge is 0.245 e. The van der Waals surface area contributed by atoms with Crippen molar-refractivity contribution in [3.05, 3.63) is 47.8 Å². The number of piperidine rings is 1. The molecule has 0 saturated carbocycles. The van der Waals surface area contributed by atoms with Gasteiger partial charge in [0.25, 0.3) is 0 Å². The summed E-state index contributed by atoms with van der Waals surface area (Å²) in [5.41, 5.74) is 6.80. The van der Waals surface area contributed by atoms with Crippen LogP contribution in [-0.4, -0.2) is 67.5 Å². The number of benzene rings is 1. The maximum Gasteiger partial charge on any atom is 0.245 e. The lowest BCUT2D eigenvalue weighted by Gasteiger charge is -2.35. The highest BCUT2D eigenvalue weighted by Gasteiger charge is 2.36. The Bertz CT molecular complexity index is 1480. The average molecular weight is 499 g/mol. The highest BCUT2D eigenvalue weighted by molar-refractivity contribution is 5.98. The van der Waals surface area contributed by atoms with Gasteiger partial charge in [-0.05, 0) is 66.8 Å². The van der Waals surface area contributed by atoms with Crippen LogP contribution in [0.1, 0.15) is 69.4 Å². The molecule has 0 aliphatic carbocycles. The van der Waals surface area contributed by atoms with Gasteiger partial charge in [0.2, 0.25) is 11.8 Å². The molecule has 3 aromatic heterocycles. The molecule has 1 atom stereocenters. The summed E-state index contributed by atoms with van der Waals surface area (Å²) < 4.78 is 0. The highest BCUT2D eigenvalue weighted by atomic mass is 16.2. The van der Waals surface area contributed by atoms with Crippen LogP contribution in [0.15, 0.2) is 36.7 Å². The van der Waals surface area contributed by atoms with Crippen molar-refractivity contribution in [1.82, 2.24) is 30.0 Å². The van der Waals surface area contributed by atoms with Crippen molar-refractivity contribution < 1.29 is 9.59 Å². The Morgan fingerprint density at radius 3 is 2.62 bits per heavy atom. The number of nitrogens with one attached hydrogen (secondary N) is 2. The van der Waals surface area contributed by atoms with Crippen molar-refractivity contribution in [3.63, 3.8) is 0 Å². The van der Waals surface area contributed by atoms with E-state index in [9.17, 15) is 9.59 Å². The quantitative estimate of drug-likeness (QED) is 0.416. The van der Waals surface area contributed by atoms with Crippen molar-refractivity contribution in [3.8, 4) is 11.3 Å².